The molecule has 1 aromatic heterocycles. The van der Waals surface area contributed by atoms with Crippen molar-refractivity contribution in [1.29, 1.82) is 0 Å². The van der Waals surface area contributed by atoms with E-state index in [1.54, 1.807) is 6.08 Å². The molecule has 3 aliphatic rings. The van der Waals surface area contributed by atoms with E-state index in [0.29, 0.717) is 18.4 Å². The molecule has 2 aliphatic heterocycles. The van der Waals surface area contributed by atoms with Crippen LogP contribution in [-0.2, 0) is 11.2 Å². The molecule has 1 atom stereocenters. The van der Waals surface area contributed by atoms with Crippen LogP contribution >= 0.6 is 12.6 Å². The molecule has 156 valence electrons. The summed E-state index contributed by atoms with van der Waals surface area (Å²) in [5.74, 6) is 2.15. The minimum absolute atomic E-state index is 0.0731. The Bertz CT molecular complexity index is 801. The zero-order valence-corrected chi connectivity index (χ0v) is 17.7. The third kappa shape index (κ3) is 5.43. The maximum Gasteiger partial charge on any atom is 0.130 e. The fourth-order valence-electron chi connectivity index (χ4n) is 4.27. The minimum Gasteiger partial charge on any atom is -0.382 e. The number of rotatable bonds is 6. The van der Waals surface area contributed by atoms with Crippen LogP contribution in [-0.4, -0.2) is 43.1 Å². The largest absolute Gasteiger partial charge is 0.382 e. The Kier molecular flexibility index (Phi) is 6.93. The number of thiol groups is 1. The van der Waals surface area contributed by atoms with Gasteiger partial charge in [0.15, 0.2) is 0 Å². The van der Waals surface area contributed by atoms with Gasteiger partial charge in [0, 0.05) is 62.1 Å². The Morgan fingerprint density at radius 2 is 2.07 bits per heavy atom. The molecule has 0 bridgehead atoms. The van der Waals surface area contributed by atoms with Crippen molar-refractivity contribution >= 4 is 24.1 Å². The number of allylic oxidation sites excluding steroid dienone is 5. The summed E-state index contributed by atoms with van der Waals surface area (Å²) in [7, 11) is 0. The second-order valence-corrected chi connectivity index (χ2v) is 8.48. The molecule has 2 saturated heterocycles. The van der Waals surface area contributed by atoms with Crippen LogP contribution in [0.4, 0.5) is 15.9 Å². The monoisotopic (exact) mass is 415 g/mol. The average Bonchev–Trinajstić information content (AvgIpc) is 3.12. The molecule has 4 rings (SSSR count). The first-order valence-electron chi connectivity index (χ1n) is 10.6. The topological polar surface area (TPSA) is 37.4 Å². The van der Waals surface area contributed by atoms with E-state index in [0.717, 1.165) is 74.9 Å². The van der Waals surface area contributed by atoms with Crippen molar-refractivity contribution in [3.05, 3.63) is 53.5 Å². The van der Waals surface area contributed by atoms with E-state index in [1.165, 1.54) is 5.57 Å². The van der Waals surface area contributed by atoms with E-state index >= 15 is 0 Å². The summed E-state index contributed by atoms with van der Waals surface area (Å²) >= 11 is 4.40. The predicted molar refractivity (Wildman–Crippen MR) is 121 cm³/mol. The minimum atomic E-state index is -0.0731. The highest BCUT2D eigenvalue weighted by Gasteiger charge is 2.26. The van der Waals surface area contributed by atoms with Crippen molar-refractivity contribution < 1.29 is 9.13 Å². The maximum absolute atomic E-state index is 13.5. The summed E-state index contributed by atoms with van der Waals surface area (Å²) in [4.78, 5) is 7.27. The van der Waals surface area contributed by atoms with Gasteiger partial charge in [0.25, 0.3) is 0 Å². The quantitative estimate of drug-likeness (QED) is 0.660. The number of nitrogens with one attached hydrogen (secondary N) is 1. The number of pyridine rings is 1. The van der Waals surface area contributed by atoms with Crippen molar-refractivity contribution in [2.45, 2.75) is 38.1 Å². The van der Waals surface area contributed by atoms with Crippen LogP contribution in [0.1, 0.15) is 31.4 Å². The third-order valence-electron chi connectivity index (χ3n) is 5.89. The van der Waals surface area contributed by atoms with Gasteiger partial charge in [-0.1, -0.05) is 18.2 Å². The van der Waals surface area contributed by atoms with Crippen molar-refractivity contribution in [1.82, 2.24) is 4.98 Å². The highest BCUT2D eigenvalue weighted by Crippen LogP contribution is 2.31. The fraction of sp³-hybridized carbons (Fsp3) is 0.522. The zero-order chi connectivity index (χ0) is 20.1. The van der Waals surface area contributed by atoms with Gasteiger partial charge in [0.05, 0.1) is 0 Å². The molecule has 0 saturated carbocycles. The van der Waals surface area contributed by atoms with E-state index in [2.05, 4.69) is 41.1 Å². The lowest BCUT2D eigenvalue weighted by Crippen LogP contribution is -2.28. The second kappa shape index (κ2) is 9.81. The standard InChI is InChI=1S/C23H30FN3OS/c24-19-3-1-2-17(4-5-19)18-6-10-27(16-18)23-15-22(14-21(26-23)9-13-29)25-20-7-11-28-12-8-20/h1-2,4-5,14-15,18,20,29H,3,6-13,16H2,(H,25,26). The van der Waals surface area contributed by atoms with Gasteiger partial charge in [-0.15, -0.1) is 0 Å². The molecule has 0 radical (unpaired) electrons. The number of halogens is 1. The zero-order valence-electron chi connectivity index (χ0n) is 16.8. The van der Waals surface area contributed by atoms with Crippen molar-refractivity contribution in [3.63, 3.8) is 0 Å². The van der Waals surface area contributed by atoms with Crippen LogP contribution < -0.4 is 10.2 Å². The lowest BCUT2D eigenvalue weighted by atomic mass is 9.98. The van der Waals surface area contributed by atoms with Crippen LogP contribution in [0.2, 0.25) is 0 Å². The Hall–Kier alpha value is -1.79. The fourth-order valence-corrected chi connectivity index (χ4v) is 4.50. The van der Waals surface area contributed by atoms with Gasteiger partial charge in [0.1, 0.15) is 11.6 Å². The SMILES string of the molecule is FC1=CC=C(C2CCN(c3cc(NC4CCOCC4)cc(CCS)n3)C2)C=CC1. The molecule has 1 unspecified atom stereocenters. The van der Waals surface area contributed by atoms with E-state index in [-0.39, 0.29) is 5.83 Å². The molecule has 0 amide bonds. The molecular weight excluding hydrogens is 385 g/mol. The summed E-state index contributed by atoms with van der Waals surface area (Å²) in [6.45, 7) is 3.53. The maximum atomic E-state index is 13.5. The summed E-state index contributed by atoms with van der Waals surface area (Å²) in [5, 5.41) is 3.69. The predicted octanol–water partition coefficient (Wildman–Crippen LogP) is 4.71. The van der Waals surface area contributed by atoms with Crippen LogP contribution in [0, 0.1) is 5.92 Å². The lowest BCUT2D eigenvalue weighted by molar-refractivity contribution is 0.0904. The number of hydrogen-bond acceptors (Lipinski definition) is 5. The third-order valence-corrected chi connectivity index (χ3v) is 6.11. The molecule has 0 aromatic carbocycles. The Balaban J connectivity index is 1.49. The normalized spacial score (nSPS) is 23.0. The summed E-state index contributed by atoms with van der Waals surface area (Å²) in [6, 6.07) is 4.79. The highest BCUT2D eigenvalue weighted by molar-refractivity contribution is 7.80. The van der Waals surface area contributed by atoms with Crippen molar-refractivity contribution in [2.75, 3.05) is 42.3 Å². The number of aromatic nitrogens is 1. The molecule has 3 heterocycles. The van der Waals surface area contributed by atoms with E-state index in [4.69, 9.17) is 9.72 Å². The van der Waals surface area contributed by atoms with Crippen LogP contribution in [0.25, 0.3) is 0 Å². The molecule has 1 aromatic rings. The Morgan fingerprint density at radius 3 is 2.90 bits per heavy atom. The molecule has 0 spiro atoms. The Morgan fingerprint density at radius 1 is 1.21 bits per heavy atom. The van der Waals surface area contributed by atoms with Gasteiger partial charge >= 0.3 is 0 Å². The van der Waals surface area contributed by atoms with Gasteiger partial charge < -0.3 is 15.0 Å². The van der Waals surface area contributed by atoms with Crippen molar-refractivity contribution in [3.8, 4) is 0 Å². The van der Waals surface area contributed by atoms with E-state index in [1.807, 2.05) is 12.2 Å². The summed E-state index contributed by atoms with van der Waals surface area (Å²) in [5.41, 5.74) is 3.43. The van der Waals surface area contributed by atoms with Crippen LogP contribution in [0.3, 0.4) is 0 Å². The van der Waals surface area contributed by atoms with E-state index < -0.39 is 0 Å². The first-order valence-corrected chi connectivity index (χ1v) is 11.3. The van der Waals surface area contributed by atoms with Gasteiger partial charge in [-0.05, 0) is 49.2 Å². The number of nitrogens with zero attached hydrogens (tertiary/aromatic N) is 2. The number of aryl methyl sites for hydroxylation is 1. The molecule has 2 fully saturated rings. The molecule has 29 heavy (non-hydrogen) atoms. The number of ether oxygens (including phenoxy) is 1. The molecule has 1 N–H and O–H groups in total. The van der Waals surface area contributed by atoms with Crippen molar-refractivity contribution in [2.24, 2.45) is 5.92 Å². The van der Waals surface area contributed by atoms with Crippen LogP contribution in [0.15, 0.2) is 47.8 Å². The smallest absolute Gasteiger partial charge is 0.130 e. The molecule has 1 aliphatic carbocycles. The number of anilines is 2. The average molecular weight is 416 g/mol. The Labute approximate surface area is 178 Å². The van der Waals surface area contributed by atoms with Gasteiger partial charge in [0.2, 0.25) is 0 Å². The second-order valence-electron chi connectivity index (χ2n) is 8.03. The van der Waals surface area contributed by atoms with Gasteiger partial charge in [-0.3, -0.25) is 0 Å². The van der Waals surface area contributed by atoms with Gasteiger partial charge in [-0.25, -0.2) is 9.37 Å². The highest BCUT2D eigenvalue weighted by atomic mass is 32.1. The lowest BCUT2D eigenvalue weighted by Gasteiger charge is -2.26. The summed E-state index contributed by atoms with van der Waals surface area (Å²) in [6.07, 6.45) is 11.9. The number of hydrogen-bond donors (Lipinski definition) is 2. The molecule has 4 nitrogen and oxygen atoms in total. The first-order chi connectivity index (χ1) is 14.2. The summed E-state index contributed by atoms with van der Waals surface area (Å²) < 4.78 is 19.0. The molecular formula is C23H30FN3OS. The van der Waals surface area contributed by atoms with E-state index in [9.17, 15) is 4.39 Å². The first kappa shape index (κ1) is 20.5. The van der Waals surface area contributed by atoms with Gasteiger partial charge in [-0.2, -0.15) is 12.6 Å². The molecule has 6 heteroatoms. The van der Waals surface area contributed by atoms with Crippen LogP contribution in [0.5, 0.6) is 0 Å².